The van der Waals surface area contributed by atoms with Crippen LogP contribution in [0.2, 0.25) is 0 Å². The van der Waals surface area contributed by atoms with Crippen LogP contribution in [0.1, 0.15) is 18.6 Å². The van der Waals surface area contributed by atoms with Crippen molar-refractivity contribution in [3.8, 4) is 0 Å². The van der Waals surface area contributed by atoms with Crippen molar-refractivity contribution in [2.75, 3.05) is 19.7 Å². The Kier molecular flexibility index (Phi) is 5.59. The van der Waals surface area contributed by atoms with E-state index in [1.54, 1.807) is 4.90 Å². The van der Waals surface area contributed by atoms with Gasteiger partial charge in [0.25, 0.3) is 0 Å². The Balaban J connectivity index is 0.00000162. The lowest BCUT2D eigenvalue weighted by Crippen LogP contribution is -2.50. The molecule has 0 aromatic heterocycles. The van der Waals surface area contributed by atoms with Crippen LogP contribution in [-0.2, 0) is 9.53 Å². The summed E-state index contributed by atoms with van der Waals surface area (Å²) in [6, 6.07) is 10.1. The van der Waals surface area contributed by atoms with Crippen molar-refractivity contribution in [1.29, 1.82) is 0 Å². The standard InChI is InChI=1S/C13H18N2O2.ClH/c1-10-9-17-12(8-15(10)13(16)7-14)11-5-3-2-4-6-11;/h2-6,10,12H,7-9,14H2,1H3;1H. The molecule has 0 spiro atoms. The van der Waals surface area contributed by atoms with Gasteiger partial charge in [0.1, 0.15) is 6.10 Å². The molecule has 1 aromatic rings. The molecular weight excluding hydrogens is 252 g/mol. The zero-order valence-electron chi connectivity index (χ0n) is 10.4. The van der Waals surface area contributed by atoms with Crippen molar-refractivity contribution in [3.05, 3.63) is 35.9 Å². The molecule has 4 nitrogen and oxygen atoms in total. The first-order chi connectivity index (χ1) is 8.22. The van der Waals surface area contributed by atoms with Crippen LogP contribution in [0.15, 0.2) is 30.3 Å². The van der Waals surface area contributed by atoms with E-state index < -0.39 is 0 Å². The van der Waals surface area contributed by atoms with Crippen molar-refractivity contribution in [3.63, 3.8) is 0 Å². The number of benzene rings is 1. The van der Waals surface area contributed by atoms with Gasteiger partial charge in [-0.25, -0.2) is 0 Å². The summed E-state index contributed by atoms with van der Waals surface area (Å²) in [5, 5.41) is 0. The topological polar surface area (TPSA) is 55.6 Å². The van der Waals surface area contributed by atoms with Crippen LogP contribution in [0.5, 0.6) is 0 Å². The van der Waals surface area contributed by atoms with Crippen LogP contribution in [0.25, 0.3) is 0 Å². The number of hydrogen-bond acceptors (Lipinski definition) is 3. The fourth-order valence-corrected chi connectivity index (χ4v) is 2.09. The molecule has 1 amide bonds. The average molecular weight is 271 g/mol. The van der Waals surface area contributed by atoms with Gasteiger partial charge >= 0.3 is 0 Å². The number of amides is 1. The van der Waals surface area contributed by atoms with Crippen LogP contribution < -0.4 is 5.73 Å². The summed E-state index contributed by atoms with van der Waals surface area (Å²) in [6.45, 7) is 3.19. The Hall–Kier alpha value is -1.10. The third kappa shape index (κ3) is 3.22. The highest BCUT2D eigenvalue weighted by Crippen LogP contribution is 2.24. The van der Waals surface area contributed by atoms with Crippen LogP contribution in [0, 0.1) is 0 Å². The Labute approximate surface area is 114 Å². The molecule has 1 fully saturated rings. The number of rotatable bonds is 2. The zero-order valence-corrected chi connectivity index (χ0v) is 11.2. The molecule has 1 aromatic carbocycles. The molecule has 100 valence electrons. The third-order valence-electron chi connectivity index (χ3n) is 3.10. The smallest absolute Gasteiger partial charge is 0.236 e. The normalized spacial score (nSPS) is 23.3. The van der Waals surface area contributed by atoms with Gasteiger partial charge in [0.2, 0.25) is 5.91 Å². The van der Waals surface area contributed by atoms with Crippen LogP contribution in [-0.4, -0.2) is 36.5 Å². The largest absolute Gasteiger partial charge is 0.370 e. The van der Waals surface area contributed by atoms with E-state index in [1.807, 2.05) is 37.3 Å². The molecule has 1 aliphatic heterocycles. The Morgan fingerprint density at radius 2 is 2.11 bits per heavy atom. The minimum Gasteiger partial charge on any atom is -0.370 e. The first kappa shape index (κ1) is 15.0. The Morgan fingerprint density at radius 1 is 1.44 bits per heavy atom. The number of hydrogen-bond donors (Lipinski definition) is 1. The molecule has 2 unspecified atom stereocenters. The predicted molar refractivity (Wildman–Crippen MR) is 72.6 cm³/mol. The fourth-order valence-electron chi connectivity index (χ4n) is 2.09. The molecule has 0 aliphatic carbocycles. The number of carbonyl (C=O) groups is 1. The maximum atomic E-state index is 11.7. The number of carbonyl (C=O) groups excluding carboxylic acids is 1. The maximum Gasteiger partial charge on any atom is 0.236 e. The summed E-state index contributed by atoms with van der Waals surface area (Å²) < 4.78 is 5.77. The summed E-state index contributed by atoms with van der Waals surface area (Å²) in [7, 11) is 0. The van der Waals surface area contributed by atoms with Crippen LogP contribution in [0.4, 0.5) is 0 Å². The summed E-state index contributed by atoms with van der Waals surface area (Å²) in [6.07, 6.45) is -0.0390. The van der Waals surface area contributed by atoms with E-state index in [2.05, 4.69) is 0 Å². The molecule has 1 aliphatic rings. The van der Waals surface area contributed by atoms with Crippen molar-refractivity contribution >= 4 is 18.3 Å². The highest BCUT2D eigenvalue weighted by molar-refractivity contribution is 5.85. The van der Waals surface area contributed by atoms with E-state index in [-0.39, 0.29) is 37.0 Å². The van der Waals surface area contributed by atoms with Crippen LogP contribution in [0.3, 0.4) is 0 Å². The molecule has 1 saturated heterocycles. The lowest BCUT2D eigenvalue weighted by molar-refractivity contribution is -0.142. The summed E-state index contributed by atoms with van der Waals surface area (Å²) in [5.74, 6) is -0.0123. The van der Waals surface area contributed by atoms with Crippen molar-refractivity contribution in [1.82, 2.24) is 4.90 Å². The molecule has 0 saturated carbocycles. The van der Waals surface area contributed by atoms with E-state index in [4.69, 9.17) is 10.5 Å². The van der Waals surface area contributed by atoms with Gasteiger partial charge in [-0.15, -0.1) is 12.4 Å². The second-order valence-corrected chi connectivity index (χ2v) is 4.33. The van der Waals surface area contributed by atoms with Crippen molar-refractivity contribution < 1.29 is 9.53 Å². The SMILES string of the molecule is CC1COC(c2ccccc2)CN1C(=O)CN.Cl. The Bertz CT molecular complexity index is 386. The predicted octanol–water partition coefficient (Wildman–Crippen LogP) is 1.36. The fraction of sp³-hybridized carbons (Fsp3) is 0.462. The molecule has 18 heavy (non-hydrogen) atoms. The second-order valence-electron chi connectivity index (χ2n) is 4.33. The van der Waals surface area contributed by atoms with E-state index in [1.165, 1.54) is 0 Å². The van der Waals surface area contributed by atoms with E-state index >= 15 is 0 Å². The number of nitrogens with two attached hydrogens (primary N) is 1. The van der Waals surface area contributed by atoms with Gasteiger partial charge in [-0.1, -0.05) is 30.3 Å². The molecule has 2 atom stereocenters. The lowest BCUT2D eigenvalue weighted by Gasteiger charge is -2.38. The summed E-state index contributed by atoms with van der Waals surface area (Å²) in [5.41, 5.74) is 6.52. The summed E-state index contributed by atoms with van der Waals surface area (Å²) in [4.78, 5) is 13.5. The van der Waals surface area contributed by atoms with Crippen molar-refractivity contribution in [2.24, 2.45) is 5.73 Å². The molecule has 2 rings (SSSR count). The molecule has 1 heterocycles. The van der Waals surface area contributed by atoms with Gasteiger partial charge in [-0.05, 0) is 12.5 Å². The first-order valence-corrected chi connectivity index (χ1v) is 5.88. The van der Waals surface area contributed by atoms with Gasteiger partial charge in [0.15, 0.2) is 0 Å². The van der Waals surface area contributed by atoms with E-state index in [0.29, 0.717) is 13.2 Å². The van der Waals surface area contributed by atoms with E-state index in [9.17, 15) is 4.79 Å². The number of morpholine rings is 1. The Morgan fingerprint density at radius 3 is 2.72 bits per heavy atom. The lowest BCUT2D eigenvalue weighted by atomic mass is 10.1. The quantitative estimate of drug-likeness (QED) is 0.883. The second kappa shape index (κ2) is 6.73. The van der Waals surface area contributed by atoms with E-state index in [0.717, 1.165) is 5.56 Å². The maximum absolute atomic E-state index is 11.7. The number of nitrogens with zero attached hydrogens (tertiary/aromatic N) is 1. The van der Waals surface area contributed by atoms with Gasteiger partial charge in [-0.3, -0.25) is 4.79 Å². The van der Waals surface area contributed by atoms with Gasteiger partial charge in [0.05, 0.1) is 25.7 Å². The molecule has 5 heteroatoms. The monoisotopic (exact) mass is 270 g/mol. The third-order valence-corrected chi connectivity index (χ3v) is 3.10. The highest BCUT2D eigenvalue weighted by atomic mass is 35.5. The molecule has 0 radical (unpaired) electrons. The minimum atomic E-state index is -0.0390. The number of halogens is 1. The van der Waals surface area contributed by atoms with Gasteiger partial charge < -0.3 is 15.4 Å². The first-order valence-electron chi connectivity index (χ1n) is 5.88. The van der Waals surface area contributed by atoms with Gasteiger partial charge in [0, 0.05) is 0 Å². The molecular formula is C13H19ClN2O2. The molecule has 0 bridgehead atoms. The average Bonchev–Trinajstić information content (AvgIpc) is 2.39. The van der Waals surface area contributed by atoms with Crippen LogP contribution >= 0.6 is 12.4 Å². The van der Waals surface area contributed by atoms with Gasteiger partial charge in [-0.2, -0.15) is 0 Å². The molecule has 2 N–H and O–H groups in total. The minimum absolute atomic E-state index is 0. The zero-order chi connectivity index (χ0) is 12.3. The summed E-state index contributed by atoms with van der Waals surface area (Å²) >= 11 is 0. The number of ether oxygens (including phenoxy) is 1. The highest BCUT2D eigenvalue weighted by Gasteiger charge is 2.29. The van der Waals surface area contributed by atoms with Crippen molar-refractivity contribution in [2.45, 2.75) is 19.1 Å².